The van der Waals surface area contributed by atoms with E-state index in [0.717, 1.165) is 6.20 Å². The normalized spacial score (nSPS) is 22.5. The number of nitrogens with zero attached hydrogens (tertiary/aromatic N) is 1. The van der Waals surface area contributed by atoms with Gasteiger partial charge in [-0.05, 0) is 35.0 Å². The second-order valence-corrected chi connectivity index (χ2v) is 6.54. The van der Waals surface area contributed by atoms with Gasteiger partial charge in [-0.3, -0.25) is 9.44 Å². The van der Waals surface area contributed by atoms with Gasteiger partial charge in [-0.2, -0.15) is 8.78 Å². The summed E-state index contributed by atoms with van der Waals surface area (Å²) in [7, 11) is 0. The van der Waals surface area contributed by atoms with Crippen molar-refractivity contribution in [2.24, 2.45) is 0 Å². The van der Waals surface area contributed by atoms with Gasteiger partial charge in [-0.1, -0.05) is 0 Å². The van der Waals surface area contributed by atoms with Crippen molar-refractivity contribution in [3.8, 4) is 5.75 Å². The molecule has 1 fully saturated rings. The molecule has 1 atom stereocenters. The average molecular weight is 418 g/mol. The maximum Gasteiger partial charge on any atom is 0.387 e. The Morgan fingerprint density at radius 3 is 2.68 bits per heavy atom. The minimum Gasteiger partial charge on any atom is -0.622 e. The van der Waals surface area contributed by atoms with Crippen molar-refractivity contribution in [2.75, 3.05) is 6.61 Å². The molecule has 25 heavy (non-hydrogen) atoms. The predicted octanol–water partition coefficient (Wildman–Crippen LogP) is 3.66. The SMILES string of the molecule is CCOC(=O)C1=C[N+]([O-])(C2CC2)c2c(ccc(Br)c2OC(F)F)C1=O. The molecule has 9 heteroatoms. The molecule has 1 aliphatic carbocycles. The highest BCUT2D eigenvalue weighted by Gasteiger charge is 2.49. The van der Waals surface area contributed by atoms with Gasteiger partial charge in [0.1, 0.15) is 6.20 Å². The lowest BCUT2D eigenvalue weighted by atomic mass is 9.96. The highest BCUT2D eigenvalue weighted by atomic mass is 79.9. The Labute approximate surface area is 150 Å². The van der Waals surface area contributed by atoms with Gasteiger partial charge in [-0.15, -0.1) is 0 Å². The highest BCUT2D eigenvalue weighted by Crippen LogP contribution is 2.51. The molecule has 0 aromatic heterocycles. The number of esters is 1. The molecule has 1 aromatic carbocycles. The fraction of sp³-hybridized carbons (Fsp3) is 0.375. The summed E-state index contributed by atoms with van der Waals surface area (Å²) in [6, 6.07) is 2.19. The number of benzene rings is 1. The van der Waals surface area contributed by atoms with E-state index in [1.54, 1.807) is 6.92 Å². The number of fused-ring (bicyclic) bond motifs is 1. The lowest BCUT2D eigenvalue weighted by Crippen LogP contribution is -2.45. The molecule has 1 unspecified atom stereocenters. The third-order valence-electron chi connectivity index (χ3n) is 4.03. The van der Waals surface area contributed by atoms with E-state index in [1.807, 2.05) is 0 Å². The number of carbonyl (C=O) groups excluding carboxylic acids is 2. The second kappa shape index (κ2) is 6.47. The summed E-state index contributed by atoms with van der Waals surface area (Å²) in [4.78, 5) is 24.7. The van der Waals surface area contributed by atoms with Crippen LogP contribution in [0.2, 0.25) is 0 Å². The molecule has 0 N–H and O–H groups in total. The molecule has 6 nitrogen and oxygen atoms in total. The zero-order valence-corrected chi connectivity index (χ0v) is 14.7. The topological polar surface area (TPSA) is 75.7 Å². The number of ether oxygens (including phenoxy) is 2. The van der Waals surface area contributed by atoms with Crippen LogP contribution in [-0.4, -0.2) is 31.0 Å². The Morgan fingerprint density at radius 1 is 1.44 bits per heavy atom. The Balaban J connectivity index is 2.21. The lowest BCUT2D eigenvalue weighted by Gasteiger charge is -2.43. The Morgan fingerprint density at radius 2 is 2.12 bits per heavy atom. The Kier molecular flexibility index (Phi) is 4.65. The van der Waals surface area contributed by atoms with Crippen LogP contribution >= 0.6 is 15.9 Å². The maximum absolute atomic E-state index is 13.5. The molecule has 1 heterocycles. The summed E-state index contributed by atoms with van der Waals surface area (Å²) < 4.78 is 33.9. The van der Waals surface area contributed by atoms with Crippen molar-refractivity contribution in [2.45, 2.75) is 32.4 Å². The summed E-state index contributed by atoms with van der Waals surface area (Å²) in [5.41, 5.74) is -0.733. The van der Waals surface area contributed by atoms with Crippen LogP contribution in [0.3, 0.4) is 0 Å². The number of Topliss-reactive ketones (excluding diaryl/α,β-unsaturated/α-hetero) is 1. The Bertz CT molecular complexity index is 778. The molecule has 1 aliphatic heterocycles. The van der Waals surface area contributed by atoms with Crippen LogP contribution in [0.1, 0.15) is 30.1 Å². The first-order valence-electron chi connectivity index (χ1n) is 7.61. The van der Waals surface area contributed by atoms with Crippen LogP contribution in [0.5, 0.6) is 5.75 Å². The highest BCUT2D eigenvalue weighted by molar-refractivity contribution is 9.10. The molecule has 0 radical (unpaired) electrons. The zero-order valence-electron chi connectivity index (χ0n) is 13.1. The van der Waals surface area contributed by atoms with Gasteiger partial charge in [0.15, 0.2) is 11.3 Å². The maximum atomic E-state index is 13.5. The first-order chi connectivity index (χ1) is 11.8. The minimum atomic E-state index is -3.17. The predicted molar refractivity (Wildman–Crippen MR) is 88.0 cm³/mol. The summed E-state index contributed by atoms with van der Waals surface area (Å²) in [6.45, 7) is -1.55. The third-order valence-corrected chi connectivity index (χ3v) is 4.66. The van der Waals surface area contributed by atoms with E-state index in [-0.39, 0.29) is 33.7 Å². The van der Waals surface area contributed by atoms with Crippen molar-refractivity contribution >= 4 is 33.4 Å². The van der Waals surface area contributed by atoms with Crippen LogP contribution in [0.4, 0.5) is 14.5 Å². The Hall–Kier alpha value is -1.84. The van der Waals surface area contributed by atoms with Crippen LogP contribution in [0.25, 0.3) is 0 Å². The van der Waals surface area contributed by atoms with Crippen molar-refractivity contribution in [1.82, 2.24) is 4.65 Å². The quantitative estimate of drug-likeness (QED) is 0.316. The van der Waals surface area contributed by atoms with Gasteiger partial charge in [-0.25, -0.2) is 4.79 Å². The number of alkyl halides is 2. The molecule has 0 amide bonds. The van der Waals surface area contributed by atoms with Crippen LogP contribution < -0.4 is 9.38 Å². The summed E-state index contributed by atoms with van der Waals surface area (Å²) in [5.74, 6) is -2.04. The molecule has 1 saturated carbocycles. The molecule has 2 aliphatic rings. The third kappa shape index (κ3) is 3.07. The number of rotatable bonds is 5. The van der Waals surface area contributed by atoms with E-state index in [4.69, 9.17) is 4.74 Å². The number of ketones is 1. The van der Waals surface area contributed by atoms with Crippen molar-refractivity contribution in [3.05, 3.63) is 39.1 Å². The smallest absolute Gasteiger partial charge is 0.387 e. The van der Waals surface area contributed by atoms with Crippen molar-refractivity contribution in [3.63, 3.8) is 0 Å². The number of halogens is 3. The first kappa shape index (κ1) is 18.0. The minimum absolute atomic E-state index is 0.0404. The van der Waals surface area contributed by atoms with Crippen LogP contribution in [0, 0.1) is 5.21 Å². The summed E-state index contributed by atoms with van der Waals surface area (Å²) in [6.07, 6.45) is 2.04. The second-order valence-electron chi connectivity index (χ2n) is 5.68. The molecule has 0 spiro atoms. The molecule has 3 rings (SSSR count). The van der Waals surface area contributed by atoms with Gasteiger partial charge in [0.05, 0.1) is 22.7 Å². The fourth-order valence-electron chi connectivity index (χ4n) is 2.84. The van der Waals surface area contributed by atoms with Crippen LogP contribution in [0.15, 0.2) is 28.4 Å². The van der Waals surface area contributed by atoms with Gasteiger partial charge in [0.25, 0.3) is 0 Å². The fourth-order valence-corrected chi connectivity index (χ4v) is 3.25. The standard InChI is InChI=1S/C16H14BrF2NO5/c1-2-24-15(22)10-7-20(23,8-3-4-8)12-9(13(10)21)5-6-11(17)14(12)25-16(18)19/h5-8,16H,2-4H2,1H3. The molecule has 134 valence electrons. The molecule has 0 saturated heterocycles. The largest absolute Gasteiger partial charge is 0.622 e. The summed E-state index contributed by atoms with van der Waals surface area (Å²) >= 11 is 3.08. The molecule has 1 aromatic rings. The lowest BCUT2D eigenvalue weighted by molar-refractivity contribution is -0.138. The van der Waals surface area contributed by atoms with Crippen molar-refractivity contribution in [1.29, 1.82) is 0 Å². The van der Waals surface area contributed by atoms with E-state index >= 15 is 0 Å². The number of hydrogen-bond donors (Lipinski definition) is 0. The van der Waals surface area contributed by atoms with E-state index in [0.29, 0.717) is 12.8 Å². The van der Waals surface area contributed by atoms with Gasteiger partial charge >= 0.3 is 12.6 Å². The summed E-state index contributed by atoms with van der Waals surface area (Å²) in [5, 5.41) is 13.5. The monoisotopic (exact) mass is 417 g/mol. The van der Waals surface area contributed by atoms with Crippen LogP contribution in [-0.2, 0) is 9.53 Å². The number of hydroxylamine groups is 2. The average Bonchev–Trinajstić information content (AvgIpc) is 3.38. The van der Waals surface area contributed by atoms with E-state index in [1.165, 1.54) is 12.1 Å². The van der Waals surface area contributed by atoms with E-state index in [9.17, 15) is 23.6 Å². The molecular formula is C16H14BrF2NO5. The van der Waals surface area contributed by atoms with E-state index in [2.05, 4.69) is 20.7 Å². The van der Waals surface area contributed by atoms with Gasteiger partial charge < -0.3 is 14.7 Å². The first-order valence-corrected chi connectivity index (χ1v) is 8.40. The number of quaternary nitrogens is 1. The van der Waals surface area contributed by atoms with E-state index < -0.39 is 29.1 Å². The van der Waals surface area contributed by atoms with Gasteiger partial charge in [0, 0.05) is 12.8 Å². The van der Waals surface area contributed by atoms with Gasteiger partial charge in [0.2, 0.25) is 11.5 Å². The van der Waals surface area contributed by atoms with Crippen molar-refractivity contribution < 1.29 is 27.8 Å². The molecular weight excluding hydrogens is 404 g/mol. The molecule has 0 bridgehead atoms. The number of hydrogen-bond acceptors (Lipinski definition) is 5. The number of carbonyl (C=O) groups is 2. The zero-order chi connectivity index (χ0) is 18.4.